The second kappa shape index (κ2) is 5.27. The van der Waals surface area contributed by atoms with Crippen LogP contribution in [0.5, 0.6) is 0 Å². The van der Waals surface area contributed by atoms with Crippen molar-refractivity contribution in [1.82, 2.24) is 0 Å². The number of carbonyl (C=O) groups excluding carboxylic acids is 1. The second-order valence-corrected chi connectivity index (χ2v) is 6.12. The van der Waals surface area contributed by atoms with E-state index in [1.807, 2.05) is 6.92 Å². The molecule has 2 rings (SSSR count). The van der Waals surface area contributed by atoms with Crippen LogP contribution in [-0.2, 0) is 19.0 Å². The smallest absolute Gasteiger partial charge is 0.158 e. The van der Waals surface area contributed by atoms with Gasteiger partial charge in [-0.25, -0.2) is 0 Å². The summed E-state index contributed by atoms with van der Waals surface area (Å²) in [6, 6.07) is 0. The van der Waals surface area contributed by atoms with Crippen molar-refractivity contribution in [3.8, 4) is 0 Å². The number of ether oxygens (including phenoxy) is 3. The van der Waals surface area contributed by atoms with E-state index < -0.39 is 5.60 Å². The van der Waals surface area contributed by atoms with E-state index in [1.54, 1.807) is 0 Å². The van der Waals surface area contributed by atoms with Gasteiger partial charge in [-0.3, -0.25) is 0 Å². The van der Waals surface area contributed by atoms with Crippen molar-refractivity contribution < 1.29 is 19.0 Å². The molecule has 2 saturated heterocycles. The molecule has 0 aliphatic carbocycles. The topological polar surface area (TPSA) is 48.1 Å². The first-order valence-corrected chi connectivity index (χ1v) is 6.89. The predicted molar refractivity (Wildman–Crippen MR) is 67.3 cm³/mol. The third kappa shape index (κ3) is 3.53. The molecule has 2 aliphatic rings. The molecule has 0 aromatic carbocycles. The zero-order valence-corrected chi connectivity index (χ0v) is 11.6. The number of epoxide rings is 1. The van der Waals surface area contributed by atoms with Gasteiger partial charge in [0.05, 0.1) is 11.7 Å². The summed E-state index contributed by atoms with van der Waals surface area (Å²) in [7, 11) is 0. The largest absolute Gasteiger partial charge is 0.358 e. The van der Waals surface area contributed by atoms with Gasteiger partial charge >= 0.3 is 0 Å². The van der Waals surface area contributed by atoms with E-state index in [2.05, 4.69) is 13.8 Å². The van der Waals surface area contributed by atoms with Gasteiger partial charge in [-0.05, 0) is 52.9 Å². The van der Waals surface area contributed by atoms with Gasteiger partial charge < -0.3 is 19.0 Å². The maximum absolute atomic E-state index is 10.8. The summed E-state index contributed by atoms with van der Waals surface area (Å²) in [5.41, 5.74) is -0.769. The molecule has 4 nitrogen and oxygen atoms in total. The highest BCUT2D eigenvalue weighted by molar-refractivity contribution is 5.66. The van der Waals surface area contributed by atoms with Crippen molar-refractivity contribution in [2.24, 2.45) is 0 Å². The molecule has 0 saturated carbocycles. The third-order valence-corrected chi connectivity index (χ3v) is 3.81. The van der Waals surface area contributed by atoms with Crippen molar-refractivity contribution in [3.05, 3.63) is 0 Å². The van der Waals surface area contributed by atoms with Crippen molar-refractivity contribution in [2.75, 3.05) is 6.61 Å². The summed E-state index contributed by atoms with van der Waals surface area (Å²) in [6.07, 6.45) is 5.92. The molecule has 18 heavy (non-hydrogen) atoms. The summed E-state index contributed by atoms with van der Waals surface area (Å²) in [6.45, 7) is 6.79. The second-order valence-electron chi connectivity index (χ2n) is 6.12. The summed E-state index contributed by atoms with van der Waals surface area (Å²) in [5, 5.41) is 0. The first kappa shape index (κ1) is 14.0. The van der Waals surface area contributed by atoms with E-state index in [0.717, 1.165) is 38.6 Å². The lowest BCUT2D eigenvalue weighted by Crippen LogP contribution is -2.34. The molecule has 3 atom stereocenters. The van der Waals surface area contributed by atoms with Gasteiger partial charge in [-0.2, -0.15) is 0 Å². The molecule has 0 bridgehead atoms. The van der Waals surface area contributed by atoms with E-state index in [1.165, 1.54) is 6.42 Å². The van der Waals surface area contributed by atoms with Gasteiger partial charge in [0.15, 0.2) is 12.6 Å². The van der Waals surface area contributed by atoms with Crippen molar-refractivity contribution >= 4 is 6.29 Å². The number of hydrogen-bond acceptors (Lipinski definition) is 4. The normalized spacial score (nSPS) is 36.4. The molecule has 0 N–H and O–H groups in total. The average Bonchev–Trinajstić information content (AvgIpc) is 3.00. The molecule has 0 amide bonds. The monoisotopic (exact) mass is 256 g/mol. The van der Waals surface area contributed by atoms with Crippen LogP contribution in [0.3, 0.4) is 0 Å². The summed E-state index contributed by atoms with van der Waals surface area (Å²) < 4.78 is 17.0. The summed E-state index contributed by atoms with van der Waals surface area (Å²) >= 11 is 0. The lowest BCUT2D eigenvalue weighted by molar-refractivity contribution is -0.217. The maximum atomic E-state index is 10.8. The first-order chi connectivity index (χ1) is 8.45. The van der Waals surface area contributed by atoms with E-state index >= 15 is 0 Å². The lowest BCUT2D eigenvalue weighted by atomic mass is 9.97. The van der Waals surface area contributed by atoms with Crippen LogP contribution < -0.4 is 0 Å². The van der Waals surface area contributed by atoms with E-state index in [-0.39, 0.29) is 18.0 Å². The number of carbonyl (C=O) groups is 1. The predicted octanol–water partition coefficient (Wildman–Crippen LogP) is 2.44. The van der Waals surface area contributed by atoms with Crippen LogP contribution in [0.15, 0.2) is 0 Å². The summed E-state index contributed by atoms with van der Waals surface area (Å²) in [4.78, 5) is 10.8. The standard InChI is InChI=1S/C14H24O4/c1-13(2,18-12-6-4-5-9-16-12)8-7-11-14(3,10-15)17-11/h10-12H,4-9H2,1-3H3/t11-,12?,14-/m0/s1. The Morgan fingerprint density at radius 3 is 2.78 bits per heavy atom. The van der Waals surface area contributed by atoms with Gasteiger partial charge in [0.2, 0.25) is 0 Å². The average molecular weight is 256 g/mol. The molecule has 0 spiro atoms. The van der Waals surface area contributed by atoms with Crippen LogP contribution in [0, 0.1) is 0 Å². The van der Waals surface area contributed by atoms with E-state index in [0.29, 0.717) is 0 Å². The third-order valence-electron chi connectivity index (χ3n) is 3.81. The number of hydrogen-bond donors (Lipinski definition) is 0. The molecular formula is C14H24O4. The Morgan fingerprint density at radius 2 is 2.22 bits per heavy atom. The van der Waals surface area contributed by atoms with Gasteiger partial charge in [0.25, 0.3) is 0 Å². The molecular weight excluding hydrogens is 232 g/mol. The minimum Gasteiger partial charge on any atom is -0.358 e. The molecule has 0 radical (unpaired) electrons. The minimum absolute atomic E-state index is 0.0603. The van der Waals surface area contributed by atoms with Crippen LogP contribution in [0.4, 0.5) is 0 Å². The highest BCUT2D eigenvalue weighted by Crippen LogP contribution is 2.39. The Morgan fingerprint density at radius 1 is 1.44 bits per heavy atom. The van der Waals surface area contributed by atoms with Crippen LogP contribution in [0.1, 0.15) is 52.9 Å². The molecule has 1 unspecified atom stereocenters. The van der Waals surface area contributed by atoms with Crippen molar-refractivity contribution in [1.29, 1.82) is 0 Å². The molecule has 2 fully saturated rings. The van der Waals surface area contributed by atoms with Crippen LogP contribution >= 0.6 is 0 Å². The number of rotatable bonds is 6. The van der Waals surface area contributed by atoms with Crippen LogP contribution in [0.2, 0.25) is 0 Å². The van der Waals surface area contributed by atoms with E-state index in [4.69, 9.17) is 14.2 Å². The lowest BCUT2D eigenvalue weighted by Gasteiger charge is -2.32. The molecule has 2 heterocycles. The zero-order valence-electron chi connectivity index (χ0n) is 11.6. The maximum Gasteiger partial charge on any atom is 0.158 e. The molecule has 0 aromatic heterocycles. The minimum atomic E-state index is -0.544. The molecule has 2 aliphatic heterocycles. The van der Waals surface area contributed by atoms with Gasteiger partial charge in [0, 0.05) is 6.61 Å². The SMILES string of the molecule is CC(C)(CC[C@@H]1O[C@@]1(C)C=O)OC1CCCCO1. The van der Waals surface area contributed by atoms with Gasteiger partial charge in [-0.1, -0.05) is 0 Å². The molecule has 0 aromatic rings. The zero-order chi connectivity index (χ0) is 13.2. The molecule has 4 heteroatoms. The van der Waals surface area contributed by atoms with Crippen LogP contribution in [-0.4, -0.2) is 36.5 Å². The highest BCUT2D eigenvalue weighted by Gasteiger charge is 2.52. The van der Waals surface area contributed by atoms with E-state index in [9.17, 15) is 4.79 Å². The highest BCUT2D eigenvalue weighted by atomic mass is 16.7. The van der Waals surface area contributed by atoms with Gasteiger partial charge in [0.1, 0.15) is 5.60 Å². The fourth-order valence-corrected chi connectivity index (χ4v) is 2.42. The fourth-order valence-electron chi connectivity index (χ4n) is 2.42. The van der Waals surface area contributed by atoms with Crippen molar-refractivity contribution in [2.45, 2.75) is 76.5 Å². The Kier molecular flexibility index (Phi) is 4.09. The van der Waals surface area contributed by atoms with Crippen molar-refractivity contribution in [3.63, 3.8) is 0 Å². The summed E-state index contributed by atoms with van der Waals surface area (Å²) in [5.74, 6) is 0. The molecule has 104 valence electrons. The Labute approximate surface area is 109 Å². The number of aldehydes is 1. The van der Waals surface area contributed by atoms with Crippen LogP contribution in [0.25, 0.3) is 0 Å². The Balaban J connectivity index is 1.72. The van der Waals surface area contributed by atoms with Gasteiger partial charge in [-0.15, -0.1) is 0 Å². The first-order valence-electron chi connectivity index (χ1n) is 6.89. The fraction of sp³-hybridized carbons (Fsp3) is 0.929. The quantitative estimate of drug-likeness (QED) is 0.541. The Hall–Kier alpha value is -0.450. The Bertz CT molecular complexity index is 296.